The van der Waals surface area contributed by atoms with Crippen LogP contribution in [0.25, 0.3) is 0 Å². The van der Waals surface area contributed by atoms with Gasteiger partial charge in [-0.3, -0.25) is 0 Å². The van der Waals surface area contributed by atoms with Crippen LogP contribution in [0.4, 0.5) is 4.39 Å². The molecule has 2 rings (SSSR count). The van der Waals surface area contributed by atoms with Gasteiger partial charge in [-0.1, -0.05) is 0 Å². The van der Waals surface area contributed by atoms with Gasteiger partial charge in [-0.05, 0) is 17.7 Å². The molecule has 18 heavy (non-hydrogen) atoms. The molecule has 1 fully saturated rings. The summed E-state index contributed by atoms with van der Waals surface area (Å²) in [6, 6.07) is 3.43. The van der Waals surface area contributed by atoms with Crippen LogP contribution in [0.3, 0.4) is 0 Å². The van der Waals surface area contributed by atoms with Gasteiger partial charge in [0, 0.05) is 18.7 Å². The van der Waals surface area contributed by atoms with Crippen LogP contribution in [0, 0.1) is 0 Å². The summed E-state index contributed by atoms with van der Waals surface area (Å²) in [5.41, 5.74) is 1.40. The number of nitrogens with one attached hydrogen (secondary N) is 1. The molecule has 1 atom stereocenters. The summed E-state index contributed by atoms with van der Waals surface area (Å²) in [5.74, 6) is 1.15. The molecule has 1 aromatic carbocycles. The Morgan fingerprint density at radius 2 is 2.22 bits per heavy atom. The van der Waals surface area contributed by atoms with Crippen molar-refractivity contribution < 1.29 is 18.6 Å². The van der Waals surface area contributed by atoms with E-state index < -0.39 is 6.67 Å². The predicted octanol–water partition coefficient (Wildman–Crippen LogP) is 1.83. The molecule has 0 amide bonds. The Hall–Kier alpha value is -1.33. The summed E-state index contributed by atoms with van der Waals surface area (Å²) in [6.45, 7) is 1.62. The zero-order valence-corrected chi connectivity index (χ0v) is 10.7. The average molecular weight is 255 g/mol. The topological polar surface area (TPSA) is 39.7 Å². The van der Waals surface area contributed by atoms with Gasteiger partial charge < -0.3 is 19.5 Å². The second-order valence-electron chi connectivity index (χ2n) is 4.12. The van der Waals surface area contributed by atoms with Crippen molar-refractivity contribution in [1.29, 1.82) is 0 Å². The summed E-state index contributed by atoms with van der Waals surface area (Å²) in [7, 11) is 3.12. The standard InChI is InChI=1S/C13H18FNO3/c1-16-11-6-9(7-14)5-10(13(11)17-2)12-8-15-3-4-18-12/h5-6,12,15H,3-4,7-8H2,1-2H3. The number of halogens is 1. The van der Waals surface area contributed by atoms with Gasteiger partial charge in [-0.2, -0.15) is 0 Å². The average Bonchev–Trinajstić information content (AvgIpc) is 2.46. The molecule has 1 aliphatic rings. The molecule has 1 N–H and O–H groups in total. The normalized spacial score (nSPS) is 19.6. The third-order valence-corrected chi connectivity index (χ3v) is 3.00. The van der Waals surface area contributed by atoms with Crippen molar-refractivity contribution in [3.05, 3.63) is 23.3 Å². The smallest absolute Gasteiger partial charge is 0.166 e. The number of alkyl halides is 1. The SMILES string of the molecule is COc1cc(CF)cc(C2CNCCO2)c1OC. The minimum absolute atomic E-state index is 0.130. The van der Waals surface area contributed by atoms with Crippen LogP contribution in [0.2, 0.25) is 0 Å². The molecule has 1 unspecified atom stereocenters. The maximum absolute atomic E-state index is 12.9. The Kier molecular flexibility index (Phi) is 4.38. The van der Waals surface area contributed by atoms with Crippen LogP contribution in [0.1, 0.15) is 17.2 Å². The summed E-state index contributed by atoms with van der Waals surface area (Å²) in [5, 5.41) is 3.24. The van der Waals surface area contributed by atoms with Crippen molar-refractivity contribution in [2.45, 2.75) is 12.8 Å². The number of morpholine rings is 1. The van der Waals surface area contributed by atoms with E-state index in [-0.39, 0.29) is 6.10 Å². The van der Waals surface area contributed by atoms with E-state index in [9.17, 15) is 4.39 Å². The minimum Gasteiger partial charge on any atom is -0.493 e. The lowest BCUT2D eigenvalue weighted by molar-refractivity contribution is 0.0260. The molecule has 1 saturated heterocycles. The van der Waals surface area contributed by atoms with Gasteiger partial charge in [0.15, 0.2) is 11.5 Å². The molecule has 0 spiro atoms. The van der Waals surface area contributed by atoms with Gasteiger partial charge >= 0.3 is 0 Å². The van der Waals surface area contributed by atoms with E-state index in [0.717, 1.165) is 12.1 Å². The summed E-state index contributed by atoms with van der Waals surface area (Å²) in [4.78, 5) is 0. The first-order valence-corrected chi connectivity index (χ1v) is 5.93. The van der Waals surface area contributed by atoms with E-state index in [1.165, 1.54) is 0 Å². The van der Waals surface area contributed by atoms with Crippen molar-refractivity contribution >= 4 is 0 Å². The number of methoxy groups -OCH3 is 2. The zero-order chi connectivity index (χ0) is 13.0. The van der Waals surface area contributed by atoms with Crippen LogP contribution in [-0.2, 0) is 11.4 Å². The van der Waals surface area contributed by atoms with Gasteiger partial charge in [0.05, 0.1) is 26.9 Å². The van der Waals surface area contributed by atoms with Gasteiger partial charge in [0.1, 0.15) is 6.67 Å². The third-order valence-electron chi connectivity index (χ3n) is 3.00. The zero-order valence-electron chi connectivity index (χ0n) is 10.7. The molecule has 4 nitrogen and oxygen atoms in total. The molecule has 1 aliphatic heterocycles. The lowest BCUT2D eigenvalue weighted by Gasteiger charge is -2.26. The van der Waals surface area contributed by atoms with E-state index in [0.29, 0.717) is 30.2 Å². The van der Waals surface area contributed by atoms with E-state index in [4.69, 9.17) is 14.2 Å². The Balaban J connectivity index is 2.41. The first-order chi connectivity index (χ1) is 8.80. The molecule has 0 saturated carbocycles. The summed E-state index contributed by atoms with van der Waals surface area (Å²) >= 11 is 0. The molecular weight excluding hydrogens is 237 g/mol. The highest BCUT2D eigenvalue weighted by Gasteiger charge is 2.23. The molecule has 1 heterocycles. The minimum atomic E-state index is -0.534. The van der Waals surface area contributed by atoms with E-state index in [1.807, 2.05) is 0 Å². The third kappa shape index (κ3) is 2.57. The molecule has 1 aromatic rings. The maximum Gasteiger partial charge on any atom is 0.166 e. The molecule has 0 bridgehead atoms. The van der Waals surface area contributed by atoms with Gasteiger partial charge in [0.2, 0.25) is 0 Å². The van der Waals surface area contributed by atoms with Crippen LogP contribution in [0.15, 0.2) is 12.1 Å². The monoisotopic (exact) mass is 255 g/mol. The fourth-order valence-corrected chi connectivity index (χ4v) is 2.13. The molecule has 0 aliphatic carbocycles. The van der Waals surface area contributed by atoms with Crippen molar-refractivity contribution in [3.8, 4) is 11.5 Å². The van der Waals surface area contributed by atoms with Crippen molar-refractivity contribution in [2.24, 2.45) is 0 Å². The van der Waals surface area contributed by atoms with E-state index in [1.54, 1.807) is 26.4 Å². The van der Waals surface area contributed by atoms with Crippen molar-refractivity contribution in [2.75, 3.05) is 33.9 Å². The van der Waals surface area contributed by atoms with Crippen LogP contribution < -0.4 is 14.8 Å². The lowest BCUT2D eigenvalue weighted by atomic mass is 10.0. The van der Waals surface area contributed by atoms with Crippen LogP contribution in [0.5, 0.6) is 11.5 Å². The number of hydrogen-bond acceptors (Lipinski definition) is 4. The Bertz CT molecular complexity index is 405. The second-order valence-corrected chi connectivity index (χ2v) is 4.12. The molecule has 100 valence electrons. The lowest BCUT2D eigenvalue weighted by Crippen LogP contribution is -2.33. The first kappa shape index (κ1) is 13.1. The molecule has 0 aromatic heterocycles. The van der Waals surface area contributed by atoms with Crippen LogP contribution in [-0.4, -0.2) is 33.9 Å². The quantitative estimate of drug-likeness (QED) is 0.891. The van der Waals surface area contributed by atoms with Crippen molar-refractivity contribution in [3.63, 3.8) is 0 Å². The molecule has 5 heteroatoms. The van der Waals surface area contributed by atoms with Crippen molar-refractivity contribution in [1.82, 2.24) is 5.32 Å². The van der Waals surface area contributed by atoms with E-state index in [2.05, 4.69) is 5.32 Å². The summed E-state index contributed by atoms with van der Waals surface area (Å²) in [6.07, 6.45) is -0.130. The largest absolute Gasteiger partial charge is 0.493 e. The Labute approximate surface area is 106 Å². The highest BCUT2D eigenvalue weighted by molar-refractivity contribution is 5.50. The highest BCUT2D eigenvalue weighted by atomic mass is 19.1. The maximum atomic E-state index is 12.9. The van der Waals surface area contributed by atoms with Gasteiger partial charge in [-0.25, -0.2) is 4.39 Å². The number of hydrogen-bond donors (Lipinski definition) is 1. The van der Waals surface area contributed by atoms with Crippen LogP contribution >= 0.6 is 0 Å². The number of ether oxygens (including phenoxy) is 3. The first-order valence-electron chi connectivity index (χ1n) is 5.93. The fraction of sp³-hybridized carbons (Fsp3) is 0.538. The molecule has 0 radical (unpaired) electrons. The van der Waals surface area contributed by atoms with Gasteiger partial charge in [0.25, 0.3) is 0 Å². The predicted molar refractivity (Wildman–Crippen MR) is 65.9 cm³/mol. The second kappa shape index (κ2) is 6.02. The Morgan fingerprint density at radius 1 is 1.39 bits per heavy atom. The Morgan fingerprint density at radius 3 is 2.78 bits per heavy atom. The number of benzene rings is 1. The molecular formula is C13H18FNO3. The summed E-state index contributed by atoms with van der Waals surface area (Å²) < 4.78 is 29.2. The fourth-order valence-electron chi connectivity index (χ4n) is 2.13. The van der Waals surface area contributed by atoms with E-state index >= 15 is 0 Å². The van der Waals surface area contributed by atoms with Gasteiger partial charge in [-0.15, -0.1) is 0 Å². The number of rotatable bonds is 4. The highest BCUT2D eigenvalue weighted by Crippen LogP contribution is 2.38.